The summed E-state index contributed by atoms with van der Waals surface area (Å²) in [7, 11) is 0. The molecule has 0 bridgehead atoms. The Balaban J connectivity index is 0.00000104. The average molecular weight is 530 g/mol. The maximum atomic E-state index is 2.60. The Hall–Kier alpha value is 0.280. The van der Waals surface area contributed by atoms with E-state index in [1.54, 1.807) is 0 Å². The summed E-state index contributed by atoms with van der Waals surface area (Å²) >= 11 is -1.86. The minimum Gasteiger partial charge on any atom is -1.00 e. The van der Waals surface area contributed by atoms with Crippen molar-refractivity contribution in [3.63, 3.8) is 0 Å². The van der Waals surface area contributed by atoms with Crippen molar-refractivity contribution in [3.8, 4) is 0 Å². The summed E-state index contributed by atoms with van der Waals surface area (Å²) in [5.41, 5.74) is 0. The molecule has 2 fully saturated rings. The van der Waals surface area contributed by atoms with Gasteiger partial charge in [0.05, 0.1) is 0 Å². The third kappa shape index (κ3) is 3.55. The molecule has 0 amide bonds. The zero-order chi connectivity index (χ0) is 15.1. The summed E-state index contributed by atoms with van der Waals surface area (Å²) in [6.45, 7) is 4.93. The van der Waals surface area contributed by atoms with Crippen molar-refractivity contribution in [2.24, 2.45) is 23.7 Å². The molecule has 4 aliphatic carbocycles. The van der Waals surface area contributed by atoms with Gasteiger partial charge in [-0.05, 0) is 0 Å². The molecule has 0 N–H and O–H groups in total. The third-order valence-electron chi connectivity index (χ3n) is 6.46. The van der Waals surface area contributed by atoms with Gasteiger partial charge in [0.15, 0.2) is 0 Å². The van der Waals surface area contributed by atoms with Crippen LogP contribution < -0.4 is 24.8 Å². The summed E-state index contributed by atoms with van der Waals surface area (Å²) < 4.78 is 4.79. The second-order valence-electron chi connectivity index (χ2n) is 7.80. The zero-order valence-electron chi connectivity index (χ0n) is 14.7. The Morgan fingerprint density at radius 1 is 0.917 bits per heavy atom. The van der Waals surface area contributed by atoms with Gasteiger partial charge in [0, 0.05) is 0 Å². The molecule has 5 atom stereocenters. The van der Waals surface area contributed by atoms with Crippen molar-refractivity contribution in [2.75, 3.05) is 0 Å². The molecule has 130 valence electrons. The first kappa shape index (κ1) is 20.6. The summed E-state index contributed by atoms with van der Waals surface area (Å²) in [6, 6.07) is 0. The molecule has 4 aliphatic rings. The topological polar surface area (TPSA) is 0 Å². The fourth-order valence-electron chi connectivity index (χ4n) is 5.75. The number of allylic oxidation sites excluding steroid dienone is 8. The fraction of sp³-hybridized carbons (Fsp3) is 0.571. The molecule has 3 heteroatoms. The number of halogens is 2. The monoisotopic (exact) mass is 530 g/mol. The minimum absolute atomic E-state index is 0. The molecule has 0 saturated heterocycles. The van der Waals surface area contributed by atoms with E-state index in [0.29, 0.717) is 0 Å². The van der Waals surface area contributed by atoms with E-state index in [-0.39, 0.29) is 24.8 Å². The van der Waals surface area contributed by atoms with Crippen LogP contribution >= 0.6 is 0 Å². The largest absolute Gasteiger partial charge is 1.00 e. The standard InChI is InChI=1S/C13H17.C5H5.C3H6.2ClH.Hf/c1-3-7-12-10(5-1)9-11-6-2-4-8-13(11)12;1-2-4-5-3-1;1-3-2;;;/h1,3,5,7,9-13H,2,4,6,8H2;1-3H,4H2;1-2H3;2*1H;/q;;;;;+2/p-2. The zero-order valence-corrected chi connectivity index (χ0v) is 19.8. The van der Waals surface area contributed by atoms with Crippen molar-refractivity contribution in [2.45, 2.75) is 49.6 Å². The van der Waals surface area contributed by atoms with Gasteiger partial charge >= 0.3 is 143 Å². The maximum absolute atomic E-state index is 2.60. The smallest absolute Gasteiger partial charge is 1.00 e. The van der Waals surface area contributed by atoms with Gasteiger partial charge in [-0.2, -0.15) is 0 Å². The Bertz CT molecular complexity index is 607. The summed E-state index contributed by atoms with van der Waals surface area (Å²) in [5.74, 6) is 3.78. The number of fused-ring (bicyclic) bond motifs is 3. The molecule has 0 spiro atoms. The van der Waals surface area contributed by atoms with E-state index in [2.05, 4.69) is 56.4 Å². The van der Waals surface area contributed by atoms with E-state index in [1.807, 2.05) is 6.58 Å². The predicted molar refractivity (Wildman–Crippen MR) is 92.7 cm³/mol. The number of hydrogen-bond donors (Lipinski definition) is 0. The Morgan fingerprint density at radius 2 is 1.58 bits per heavy atom. The third-order valence-corrected chi connectivity index (χ3v) is 19.5. The normalized spacial score (nSPS) is 35.0. The van der Waals surface area contributed by atoms with E-state index >= 15 is 0 Å². The molecule has 0 nitrogen and oxygen atoms in total. The summed E-state index contributed by atoms with van der Waals surface area (Å²) in [4.78, 5) is 0. The second kappa shape index (κ2) is 8.78. The van der Waals surface area contributed by atoms with Crippen LogP contribution in [0.15, 0.2) is 45.9 Å². The minimum atomic E-state index is -1.86. The van der Waals surface area contributed by atoms with Crippen LogP contribution in [0.3, 0.4) is 0 Å². The Morgan fingerprint density at radius 3 is 2.21 bits per heavy atom. The van der Waals surface area contributed by atoms with Crippen molar-refractivity contribution in [1.29, 1.82) is 0 Å². The van der Waals surface area contributed by atoms with Crippen LogP contribution in [0.25, 0.3) is 0 Å². The average Bonchev–Trinajstić information content (AvgIpc) is 3.16. The molecule has 0 aliphatic heterocycles. The van der Waals surface area contributed by atoms with Crippen molar-refractivity contribution >= 4 is 3.26 Å². The van der Waals surface area contributed by atoms with E-state index in [4.69, 9.17) is 0 Å². The molecule has 2 saturated carbocycles. The quantitative estimate of drug-likeness (QED) is 0.429. The van der Waals surface area contributed by atoms with Gasteiger partial charge in [0.2, 0.25) is 0 Å². The first-order valence-electron chi connectivity index (χ1n) is 9.16. The summed E-state index contributed by atoms with van der Waals surface area (Å²) in [6.07, 6.45) is 24.3. The molecular weight excluding hydrogens is 502 g/mol. The van der Waals surface area contributed by atoms with Gasteiger partial charge in [-0.15, -0.1) is 0 Å². The van der Waals surface area contributed by atoms with Crippen LogP contribution in [-0.2, 0) is 21.0 Å². The Labute approximate surface area is 167 Å². The fourth-order valence-corrected chi connectivity index (χ4v) is 19.8. The molecule has 0 heterocycles. The Kier molecular flexibility index (Phi) is 7.53. The second-order valence-corrected chi connectivity index (χ2v) is 19.1. The van der Waals surface area contributed by atoms with Crippen LogP contribution in [0, 0.1) is 23.7 Å². The van der Waals surface area contributed by atoms with Gasteiger partial charge in [-0.1, -0.05) is 0 Å². The first-order valence-corrected chi connectivity index (χ1v) is 14.8. The molecule has 24 heavy (non-hydrogen) atoms. The van der Waals surface area contributed by atoms with Crippen molar-refractivity contribution in [1.82, 2.24) is 0 Å². The van der Waals surface area contributed by atoms with Gasteiger partial charge in [0.25, 0.3) is 0 Å². The van der Waals surface area contributed by atoms with Crippen LogP contribution in [-0.4, -0.2) is 3.26 Å². The van der Waals surface area contributed by atoms with Gasteiger partial charge < -0.3 is 24.8 Å². The number of hydrogen-bond acceptors (Lipinski definition) is 0. The van der Waals surface area contributed by atoms with E-state index in [0.717, 1.165) is 27.3 Å². The number of rotatable bonds is 2. The van der Waals surface area contributed by atoms with Crippen LogP contribution in [0.1, 0.15) is 46.0 Å². The van der Waals surface area contributed by atoms with Crippen LogP contribution in [0.5, 0.6) is 0 Å². The van der Waals surface area contributed by atoms with Crippen molar-refractivity contribution in [3.05, 3.63) is 45.9 Å². The summed E-state index contributed by atoms with van der Waals surface area (Å²) in [5, 5.41) is 0. The van der Waals surface area contributed by atoms with Gasteiger partial charge in [-0.3, -0.25) is 0 Å². The molecule has 0 aromatic heterocycles. The molecule has 0 radical (unpaired) electrons. The SMILES string of the molecule is C[C](C)=[Hf+2]([C]1=CC=CC1)[CH]1C2C=CC=CC2C2CCCCC21.[Cl-].[Cl-]. The predicted octanol–water partition coefficient (Wildman–Crippen LogP) is -0.364. The molecule has 0 aromatic rings. The van der Waals surface area contributed by atoms with E-state index < -0.39 is 21.0 Å². The molecule has 5 unspecified atom stereocenters. The van der Waals surface area contributed by atoms with Crippen molar-refractivity contribution < 1.29 is 45.8 Å². The van der Waals surface area contributed by atoms with E-state index in [1.165, 1.54) is 32.1 Å². The van der Waals surface area contributed by atoms with Gasteiger partial charge in [-0.25, -0.2) is 0 Å². The maximum Gasteiger partial charge on any atom is -1.00 e. The van der Waals surface area contributed by atoms with Crippen LogP contribution in [0.4, 0.5) is 0 Å². The van der Waals surface area contributed by atoms with Crippen LogP contribution in [0.2, 0.25) is 3.67 Å². The first-order chi connectivity index (χ1) is 10.8. The van der Waals surface area contributed by atoms with Gasteiger partial charge in [0.1, 0.15) is 0 Å². The molecule has 0 aromatic carbocycles. The molecular formula is C21H28Cl2Hf. The molecule has 4 rings (SSSR count). The van der Waals surface area contributed by atoms with E-state index in [9.17, 15) is 0 Å².